The van der Waals surface area contributed by atoms with Crippen molar-refractivity contribution in [1.82, 2.24) is 9.58 Å². The number of hydrogen-bond acceptors (Lipinski definition) is 5. The van der Waals surface area contributed by atoms with Crippen molar-refractivity contribution >= 4 is 5.91 Å². The molecule has 2 aromatic carbocycles. The summed E-state index contributed by atoms with van der Waals surface area (Å²) in [5.41, 5.74) is 0.901. The molecule has 1 fully saturated rings. The molecule has 3 heterocycles. The molecule has 3 aromatic rings. The van der Waals surface area contributed by atoms with Gasteiger partial charge in [-0.25, -0.2) is 0 Å². The molecular weight excluding hydrogens is 430 g/mol. The summed E-state index contributed by atoms with van der Waals surface area (Å²) >= 11 is 0. The minimum atomic E-state index is -0.566. The molecule has 172 valence electrons. The van der Waals surface area contributed by atoms with Gasteiger partial charge < -0.3 is 14.7 Å². The maximum Gasteiger partial charge on any atom is 0.278 e. The fourth-order valence-electron chi connectivity index (χ4n) is 5.34. The highest BCUT2D eigenvalue weighted by Crippen LogP contribution is 2.44. The highest BCUT2D eigenvalue weighted by atomic mass is 16.5. The Bertz CT molecular complexity index is 1340. The lowest BCUT2D eigenvalue weighted by atomic mass is 9.74. The average Bonchev–Trinajstić information content (AvgIpc) is 2.85. The first kappa shape index (κ1) is 20.6. The van der Waals surface area contributed by atoms with Crippen LogP contribution >= 0.6 is 0 Å². The molecule has 3 aliphatic rings. The van der Waals surface area contributed by atoms with Gasteiger partial charge in [-0.15, -0.1) is 0 Å². The topological polar surface area (TPSA) is 75.0 Å². The highest BCUT2D eigenvalue weighted by Gasteiger charge is 2.48. The molecule has 0 unspecified atom stereocenters. The standard InChI is InChI=1S/C27H25N3O4/c31-21-12-16-29-24(25(21)32)26(33)28-18-30(29)23(19-8-2-1-3-9-19)20-10-4-5-11-22(20)34-17-7-15-27(28)13-6-14-27/h1-5,7-12,15-16,23,32H,6,13-14,17-18H2/b15-7+/t23-/m0/s1. The van der Waals surface area contributed by atoms with Crippen molar-refractivity contribution < 1.29 is 14.6 Å². The number of para-hydroxylation sites is 1. The van der Waals surface area contributed by atoms with Gasteiger partial charge in [-0.3, -0.25) is 19.3 Å². The Kier molecular flexibility index (Phi) is 4.72. The van der Waals surface area contributed by atoms with Crippen molar-refractivity contribution in [3.8, 4) is 11.5 Å². The van der Waals surface area contributed by atoms with E-state index in [1.165, 1.54) is 6.07 Å². The Morgan fingerprint density at radius 1 is 0.971 bits per heavy atom. The largest absolute Gasteiger partial charge is 0.502 e. The van der Waals surface area contributed by atoms with Crippen molar-refractivity contribution in [2.45, 2.75) is 30.8 Å². The molecule has 0 saturated heterocycles. The van der Waals surface area contributed by atoms with Gasteiger partial charge in [0.15, 0.2) is 11.4 Å². The first-order valence-electron chi connectivity index (χ1n) is 11.6. The molecule has 0 radical (unpaired) electrons. The maximum absolute atomic E-state index is 13.8. The second kappa shape index (κ2) is 7.80. The summed E-state index contributed by atoms with van der Waals surface area (Å²) < 4.78 is 7.85. The summed E-state index contributed by atoms with van der Waals surface area (Å²) in [5.74, 6) is -0.108. The third-order valence-electron chi connectivity index (χ3n) is 7.21. The van der Waals surface area contributed by atoms with E-state index in [1.54, 1.807) is 10.9 Å². The molecule has 1 saturated carbocycles. The molecule has 1 atom stereocenters. The number of nitrogens with zero attached hydrogens (tertiary/aromatic N) is 3. The van der Waals surface area contributed by atoms with Crippen LogP contribution in [0.5, 0.6) is 11.5 Å². The Labute approximate surface area is 197 Å². The first-order chi connectivity index (χ1) is 16.6. The van der Waals surface area contributed by atoms with Gasteiger partial charge in [0.25, 0.3) is 5.91 Å². The molecule has 1 spiro atoms. The number of ether oxygens (including phenoxy) is 1. The zero-order valence-corrected chi connectivity index (χ0v) is 18.6. The number of carbonyl (C=O) groups is 1. The number of carbonyl (C=O) groups excluding carboxylic acids is 1. The van der Waals surface area contributed by atoms with Crippen LogP contribution in [0.15, 0.2) is 83.8 Å². The van der Waals surface area contributed by atoms with Crippen LogP contribution in [0.25, 0.3) is 0 Å². The predicted molar refractivity (Wildman–Crippen MR) is 128 cm³/mol. The SMILES string of the molecule is O=C1c2c(O)c(=O)ccn2N2CN1C1(/C=C/COc3ccccc3[C@@H]2c2ccccc2)CCC1. The first-order valence-corrected chi connectivity index (χ1v) is 11.6. The fraction of sp³-hybridized carbons (Fsp3) is 0.259. The average molecular weight is 456 g/mol. The van der Waals surface area contributed by atoms with Crippen LogP contribution < -0.4 is 15.2 Å². The molecule has 34 heavy (non-hydrogen) atoms. The van der Waals surface area contributed by atoms with E-state index < -0.39 is 16.7 Å². The second-order valence-corrected chi connectivity index (χ2v) is 9.06. The molecule has 1 aliphatic carbocycles. The van der Waals surface area contributed by atoms with Crippen LogP contribution in [0.3, 0.4) is 0 Å². The van der Waals surface area contributed by atoms with Gasteiger partial charge in [0.05, 0.1) is 5.54 Å². The Hall–Kier alpha value is -4.00. The quantitative estimate of drug-likeness (QED) is 0.568. The van der Waals surface area contributed by atoms with E-state index in [0.29, 0.717) is 13.3 Å². The summed E-state index contributed by atoms with van der Waals surface area (Å²) in [5, 5.41) is 12.8. The van der Waals surface area contributed by atoms with Gasteiger partial charge in [0, 0.05) is 17.8 Å². The molecule has 1 N–H and O–H groups in total. The van der Waals surface area contributed by atoms with E-state index in [2.05, 4.69) is 6.08 Å². The molecule has 7 heteroatoms. The fourth-order valence-corrected chi connectivity index (χ4v) is 5.34. The molecule has 2 bridgehead atoms. The summed E-state index contributed by atoms with van der Waals surface area (Å²) in [4.78, 5) is 28.0. The van der Waals surface area contributed by atoms with Gasteiger partial charge in [-0.1, -0.05) is 54.6 Å². The Morgan fingerprint density at radius 3 is 2.50 bits per heavy atom. The summed E-state index contributed by atoms with van der Waals surface area (Å²) in [6.07, 6.45) is 8.27. The lowest BCUT2D eigenvalue weighted by molar-refractivity contribution is 0.0255. The van der Waals surface area contributed by atoms with Gasteiger partial charge >= 0.3 is 0 Å². The predicted octanol–water partition coefficient (Wildman–Crippen LogP) is 3.57. The number of pyridine rings is 1. The molecular formula is C27H25N3O4. The van der Waals surface area contributed by atoms with Gasteiger partial charge in [-0.05, 0) is 37.0 Å². The molecule has 6 rings (SSSR count). The van der Waals surface area contributed by atoms with Crippen LogP contribution in [-0.4, -0.2) is 39.4 Å². The van der Waals surface area contributed by atoms with Crippen LogP contribution in [-0.2, 0) is 0 Å². The van der Waals surface area contributed by atoms with Crippen LogP contribution in [0, 0.1) is 0 Å². The van der Waals surface area contributed by atoms with Crippen molar-refractivity contribution in [1.29, 1.82) is 0 Å². The summed E-state index contributed by atoms with van der Waals surface area (Å²) in [6.45, 7) is 0.685. The van der Waals surface area contributed by atoms with Crippen molar-refractivity contribution in [2.24, 2.45) is 0 Å². The normalized spacial score (nSPS) is 21.5. The van der Waals surface area contributed by atoms with E-state index >= 15 is 0 Å². The third-order valence-corrected chi connectivity index (χ3v) is 7.21. The third kappa shape index (κ3) is 3.04. The molecule has 7 nitrogen and oxygen atoms in total. The number of amides is 1. The van der Waals surface area contributed by atoms with Crippen molar-refractivity contribution in [3.05, 3.63) is 106 Å². The summed E-state index contributed by atoms with van der Waals surface area (Å²) in [6, 6.07) is 18.9. The number of fused-ring (bicyclic) bond motifs is 6. The van der Waals surface area contributed by atoms with E-state index in [9.17, 15) is 14.7 Å². The number of aromatic nitrogens is 1. The molecule has 1 amide bonds. The lowest BCUT2D eigenvalue weighted by Crippen LogP contribution is -2.64. The lowest BCUT2D eigenvalue weighted by Gasteiger charge is -2.53. The monoisotopic (exact) mass is 455 g/mol. The number of rotatable bonds is 1. The van der Waals surface area contributed by atoms with Crippen molar-refractivity contribution in [2.75, 3.05) is 18.3 Å². The molecule has 2 aliphatic heterocycles. The molecule has 1 aromatic heterocycles. The van der Waals surface area contributed by atoms with Crippen LogP contribution in [0.4, 0.5) is 0 Å². The summed E-state index contributed by atoms with van der Waals surface area (Å²) in [7, 11) is 0. The van der Waals surface area contributed by atoms with Gasteiger partial charge in [0.1, 0.15) is 25.1 Å². The van der Waals surface area contributed by atoms with Crippen LogP contribution in [0.1, 0.15) is 46.9 Å². The van der Waals surface area contributed by atoms with Crippen molar-refractivity contribution in [3.63, 3.8) is 0 Å². The highest BCUT2D eigenvalue weighted by molar-refractivity contribution is 5.97. The zero-order chi connectivity index (χ0) is 23.3. The minimum Gasteiger partial charge on any atom is -0.502 e. The van der Waals surface area contributed by atoms with Gasteiger partial charge in [0.2, 0.25) is 5.43 Å². The smallest absolute Gasteiger partial charge is 0.278 e. The number of benzene rings is 2. The van der Waals surface area contributed by atoms with Gasteiger partial charge in [-0.2, -0.15) is 0 Å². The van der Waals surface area contributed by atoms with E-state index in [-0.39, 0.29) is 17.6 Å². The maximum atomic E-state index is 13.8. The van der Waals surface area contributed by atoms with E-state index in [0.717, 1.165) is 36.1 Å². The zero-order valence-electron chi connectivity index (χ0n) is 18.6. The minimum absolute atomic E-state index is 0.00278. The Morgan fingerprint density at radius 2 is 1.74 bits per heavy atom. The Balaban J connectivity index is 1.65. The second-order valence-electron chi connectivity index (χ2n) is 9.06. The van der Waals surface area contributed by atoms with E-state index in [4.69, 9.17) is 4.74 Å². The van der Waals surface area contributed by atoms with Crippen LogP contribution in [0.2, 0.25) is 0 Å². The number of hydrogen-bond donors (Lipinski definition) is 1. The van der Waals surface area contributed by atoms with E-state index in [1.807, 2.05) is 70.6 Å². The number of aromatic hydroxyl groups is 1.